The molecule has 0 aliphatic carbocycles. The van der Waals surface area contributed by atoms with Crippen LogP contribution in [0.15, 0.2) is 29.0 Å². The number of aromatic nitrogens is 2. The Kier molecular flexibility index (Phi) is 2.69. The SMILES string of the molecule is Brc1ccn2cc(C3CCCOC3)nc2c1. The van der Waals surface area contributed by atoms with Gasteiger partial charge in [-0.2, -0.15) is 0 Å². The highest BCUT2D eigenvalue weighted by Gasteiger charge is 2.18. The van der Waals surface area contributed by atoms with Crippen LogP contribution in [0.2, 0.25) is 0 Å². The zero-order chi connectivity index (χ0) is 11.0. The molecule has 0 radical (unpaired) electrons. The lowest BCUT2D eigenvalue weighted by molar-refractivity contribution is 0.0794. The first-order valence-electron chi connectivity index (χ1n) is 5.55. The van der Waals surface area contributed by atoms with E-state index in [2.05, 4.69) is 31.5 Å². The topological polar surface area (TPSA) is 26.5 Å². The molecule has 0 N–H and O–H groups in total. The molecule has 0 spiro atoms. The minimum absolute atomic E-state index is 0.465. The van der Waals surface area contributed by atoms with Gasteiger partial charge in [-0.1, -0.05) is 15.9 Å². The molecule has 0 amide bonds. The average molecular weight is 281 g/mol. The fraction of sp³-hybridized carbons (Fsp3) is 0.417. The van der Waals surface area contributed by atoms with E-state index in [4.69, 9.17) is 4.74 Å². The third-order valence-corrected chi connectivity index (χ3v) is 3.51. The van der Waals surface area contributed by atoms with Crippen LogP contribution >= 0.6 is 15.9 Å². The predicted molar refractivity (Wildman–Crippen MR) is 65.7 cm³/mol. The Balaban J connectivity index is 1.97. The number of imidazole rings is 1. The van der Waals surface area contributed by atoms with E-state index in [9.17, 15) is 0 Å². The Hall–Kier alpha value is -0.870. The summed E-state index contributed by atoms with van der Waals surface area (Å²) >= 11 is 3.46. The van der Waals surface area contributed by atoms with Crippen molar-refractivity contribution >= 4 is 21.6 Å². The summed E-state index contributed by atoms with van der Waals surface area (Å²) in [6.07, 6.45) is 6.47. The van der Waals surface area contributed by atoms with E-state index in [1.54, 1.807) is 0 Å². The molecule has 1 aliphatic heterocycles. The van der Waals surface area contributed by atoms with Gasteiger partial charge in [0.2, 0.25) is 0 Å². The summed E-state index contributed by atoms with van der Waals surface area (Å²) in [6.45, 7) is 1.71. The molecule has 1 atom stereocenters. The van der Waals surface area contributed by atoms with Crippen molar-refractivity contribution < 1.29 is 4.74 Å². The van der Waals surface area contributed by atoms with Crippen molar-refractivity contribution in [1.82, 2.24) is 9.38 Å². The number of rotatable bonds is 1. The van der Waals surface area contributed by atoms with Gasteiger partial charge in [0.15, 0.2) is 0 Å². The highest BCUT2D eigenvalue weighted by molar-refractivity contribution is 9.10. The summed E-state index contributed by atoms with van der Waals surface area (Å²) in [7, 11) is 0. The maximum atomic E-state index is 5.50. The minimum atomic E-state index is 0.465. The summed E-state index contributed by atoms with van der Waals surface area (Å²) in [5.41, 5.74) is 2.15. The lowest BCUT2D eigenvalue weighted by Crippen LogP contribution is -2.15. The van der Waals surface area contributed by atoms with Crippen molar-refractivity contribution in [2.45, 2.75) is 18.8 Å². The summed E-state index contributed by atoms with van der Waals surface area (Å²) in [5.74, 6) is 0.465. The quantitative estimate of drug-likeness (QED) is 0.803. The van der Waals surface area contributed by atoms with E-state index in [-0.39, 0.29) is 0 Å². The third-order valence-electron chi connectivity index (χ3n) is 3.02. The van der Waals surface area contributed by atoms with Crippen LogP contribution in [-0.4, -0.2) is 22.6 Å². The van der Waals surface area contributed by atoms with E-state index >= 15 is 0 Å². The van der Waals surface area contributed by atoms with Gasteiger partial charge in [0.05, 0.1) is 12.3 Å². The summed E-state index contributed by atoms with van der Waals surface area (Å²) in [4.78, 5) is 4.65. The Morgan fingerprint density at radius 2 is 2.44 bits per heavy atom. The molecule has 2 aromatic rings. The Labute approximate surface area is 103 Å². The van der Waals surface area contributed by atoms with Crippen LogP contribution in [0.1, 0.15) is 24.5 Å². The van der Waals surface area contributed by atoms with E-state index in [1.165, 1.54) is 6.42 Å². The average Bonchev–Trinajstić information content (AvgIpc) is 2.73. The molecule has 0 bridgehead atoms. The highest BCUT2D eigenvalue weighted by atomic mass is 79.9. The maximum Gasteiger partial charge on any atom is 0.138 e. The number of hydrogen-bond acceptors (Lipinski definition) is 2. The molecule has 0 aromatic carbocycles. The zero-order valence-corrected chi connectivity index (χ0v) is 10.5. The second-order valence-electron chi connectivity index (χ2n) is 4.19. The molecular weight excluding hydrogens is 268 g/mol. The molecule has 3 heterocycles. The monoisotopic (exact) mass is 280 g/mol. The van der Waals surface area contributed by atoms with Gasteiger partial charge in [0.25, 0.3) is 0 Å². The molecular formula is C12H13BrN2O. The number of pyridine rings is 1. The largest absolute Gasteiger partial charge is 0.381 e. The number of hydrogen-bond donors (Lipinski definition) is 0. The van der Waals surface area contributed by atoms with Gasteiger partial charge in [-0.05, 0) is 25.0 Å². The van der Waals surface area contributed by atoms with E-state index in [0.29, 0.717) is 5.92 Å². The first-order valence-corrected chi connectivity index (χ1v) is 6.34. The standard InChI is InChI=1S/C12H13BrN2O/c13-10-3-4-15-7-11(14-12(15)6-10)9-2-1-5-16-8-9/h3-4,6-7,9H,1-2,5,8H2. The van der Waals surface area contributed by atoms with Crippen LogP contribution in [0.5, 0.6) is 0 Å². The second kappa shape index (κ2) is 4.18. The molecule has 16 heavy (non-hydrogen) atoms. The van der Waals surface area contributed by atoms with E-state index in [0.717, 1.165) is 35.4 Å². The lowest BCUT2D eigenvalue weighted by Gasteiger charge is -2.19. The predicted octanol–water partition coefficient (Wildman–Crippen LogP) is 2.99. The van der Waals surface area contributed by atoms with Gasteiger partial charge in [-0.3, -0.25) is 0 Å². The van der Waals surface area contributed by atoms with Crippen LogP contribution in [0.25, 0.3) is 5.65 Å². The van der Waals surface area contributed by atoms with Crippen molar-refractivity contribution in [3.63, 3.8) is 0 Å². The Morgan fingerprint density at radius 3 is 3.25 bits per heavy atom. The first-order chi connectivity index (χ1) is 7.83. The zero-order valence-electron chi connectivity index (χ0n) is 8.90. The van der Waals surface area contributed by atoms with Crippen molar-refractivity contribution in [2.75, 3.05) is 13.2 Å². The fourth-order valence-corrected chi connectivity index (χ4v) is 2.47. The second-order valence-corrected chi connectivity index (χ2v) is 5.11. The number of halogens is 1. The van der Waals surface area contributed by atoms with E-state index < -0.39 is 0 Å². The third kappa shape index (κ3) is 1.87. The van der Waals surface area contributed by atoms with Crippen molar-refractivity contribution in [3.8, 4) is 0 Å². The van der Waals surface area contributed by atoms with Crippen LogP contribution in [0.3, 0.4) is 0 Å². The highest BCUT2D eigenvalue weighted by Crippen LogP contribution is 2.25. The van der Waals surface area contributed by atoms with Gasteiger partial charge in [0, 0.05) is 29.4 Å². The smallest absolute Gasteiger partial charge is 0.138 e. The normalized spacial score (nSPS) is 21.4. The maximum absolute atomic E-state index is 5.50. The van der Waals surface area contributed by atoms with Gasteiger partial charge < -0.3 is 9.14 Å². The molecule has 0 saturated carbocycles. The number of ether oxygens (including phenoxy) is 1. The molecule has 3 rings (SSSR count). The number of fused-ring (bicyclic) bond motifs is 1. The molecule has 4 heteroatoms. The summed E-state index contributed by atoms with van der Waals surface area (Å²) in [6, 6.07) is 4.06. The van der Waals surface area contributed by atoms with E-state index in [1.807, 2.05) is 18.3 Å². The van der Waals surface area contributed by atoms with Crippen LogP contribution in [0, 0.1) is 0 Å². The molecule has 2 aromatic heterocycles. The van der Waals surface area contributed by atoms with Gasteiger partial charge in [-0.15, -0.1) is 0 Å². The molecule has 3 nitrogen and oxygen atoms in total. The molecule has 1 unspecified atom stereocenters. The van der Waals surface area contributed by atoms with Crippen LogP contribution in [-0.2, 0) is 4.74 Å². The molecule has 1 aliphatic rings. The van der Waals surface area contributed by atoms with Gasteiger partial charge in [-0.25, -0.2) is 4.98 Å². The molecule has 84 valence electrons. The van der Waals surface area contributed by atoms with Crippen molar-refractivity contribution in [1.29, 1.82) is 0 Å². The van der Waals surface area contributed by atoms with Gasteiger partial charge >= 0.3 is 0 Å². The number of nitrogens with zero attached hydrogens (tertiary/aromatic N) is 2. The summed E-state index contributed by atoms with van der Waals surface area (Å²) < 4.78 is 8.63. The van der Waals surface area contributed by atoms with Crippen LogP contribution in [0.4, 0.5) is 0 Å². The van der Waals surface area contributed by atoms with Gasteiger partial charge in [0.1, 0.15) is 5.65 Å². The van der Waals surface area contributed by atoms with Crippen LogP contribution < -0.4 is 0 Å². The lowest BCUT2D eigenvalue weighted by atomic mass is 9.99. The fourth-order valence-electron chi connectivity index (χ4n) is 2.15. The summed E-state index contributed by atoms with van der Waals surface area (Å²) in [5, 5.41) is 0. The molecule has 1 fully saturated rings. The minimum Gasteiger partial charge on any atom is -0.381 e. The first kappa shape index (κ1) is 10.3. The van der Waals surface area contributed by atoms with Crippen molar-refractivity contribution in [2.24, 2.45) is 0 Å². The Morgan fingerprint density at radius 1 is 1.50 bits per heavy atom. The molecule has 1 saturated heterocycles. The Bertz CT molecular complexity index is 503. The van der Waals surface area contributed by atoms with Crippen molar-refractivity contribution in [3.05, 3.63) is 34.7 Å².